The molecule has 1 atom stereocenters. The van der Waals surface area contributed by atoms with Crippen LogP contribution in [0.15, 0.2) is 59.1 Å². The van der Waals surface area contributed by atoms with Crippen molar-refractivity contribution in [3.63, 3.8) is 0 Å². The summed E-state index contributed by atoms with van der Waals surface area (Å²) in [6.45, 7) is 5.52. The van der Waals surface area contributed by atoms with Crippen molar-refractivity contribution in [3.05, 3.63) is 82.6 Å². The Bertz CT molecular complexity index is 943. The fourth-order valence-corrected chi connectivity index (χ4v) is 2.79. The molecule has 0 fully saturated rings. The van der Waals surface area contributed by atoms with E-state index in [9.17, 15) is 9.59 Å². The predicted molar refractivity (Wildman–Crippen MR) is 100 cm³/mol. The third-order valence-corrected chi connectivity index (χ3v) is 3.90. The Labute approximate surface area is 157 Å². The molecule has 1 amide bonds. The molecule has 0 aliphatic heterocycles. The van der Waals surface area contributed by atoms with Crippen LogP contribution in [0.4, 0.5) is 5.82 Å². The van der Waals surface area contributed by atoms with Crippen LogP contribution in [0.2, 0.25) is 0 Å². The van der Waals surface area contributed by atoms with Crippen LogP contribution in [0.3, 0.4) is 0 Å². The van der Waals surface area contributed by atoms with Crippen molar-refractivity contribution < 1.29 is 18.8 Å². The Hall–Kier alpha value is -3.41. The summed E-state index contributed by atoms with van der Waals surface area (Å²) >= 11 is 0. The van der Waals surface area contributed by atoms with Crippen molar-refractivity contribution >= 4 is 17.7 Å². The van der Waals surface area contributed by atoms with Gasteiger partial charge in [-0.15, -0.1) is 0 Å². The van der Waals surface area contributed by atoms with E-state index in [2.05, 4.69) is 10.5 Å². The van der Waals surface area contributed by atoms with Gasteiger partial charge < -0.3 is 14.6 Å². The van der Waals surface area contributed by atoms with Crippen LogP contribution in [-0.4, -0.2) is 17.0 Å². The number of anilines is 1. The Kier molecular flexibility index (Phi) is 5.35. The molecule has 138 valence electrons. The number of aromatic nitrogens is 1. The topological polar surface area (TPSA) is 81.4 Å². The molecule has 0 aliphatic rings. The van der Waals surface area contributed by atoms with E-state index >= 15 is 0 Å². The van der Waals surface area contributed by atoms with Crippen LogP contribution < -0.4 is 5.32 Å². The lowest BCUT2D eigenvalue weighted by Crippen LogP contribution is -2.26. The summed E-state index contributed by atoms with van der Waals surface area (Å²) < 4.78 is 10.5. The summed E-state index contributed by atoms with van der Waals surface area (Å²) in [7, 11) is 0. The lowest BCUT2D eigenvalue weighted by Gasteiger charge is -2.17. The van der Waals surface area contributed by atoms with Crippen LogP contribution in [0.1, 0.15) is 38.9 Å². The average Bonchev–Trinajstić information content (AvgIpc) is 3.04. The molecule has 0 saturated heterocycles. The van der Waals surface area contributed by atoms with Crippen molar-refractivity contribution in [2.75, 3.05) is 5.32 Å². The van der Waals surface area contributed by atoms with Crippen molar-refractivity contribution in [2.45, 2.75) is 26.9 Å². The summed E-state index contributed by atoms with van der Waals surface area (Å²) in [5.41, 5.74) is 2.85. The highest BCUT2D eigenvalue weighted by Crippen LogP contribution is 2.22. The molecule has 3 rings (SSSR count). The molecule has 0 aliphatic carbocycles. The average molecular weight is 364 g/mol. The van der Waals surface area contributed by atoms with Gasteiger partial charge in [-0.1, -0.05) is 52.7 Å². The minimum Gasteiger partial charge on any atom is -0.444 e. The second kappa shape index (κ2) is 7.86. The molecule has 6 nitrogen and oxygen atoms in total. The Morgan fingerprint density at radius 3 is 2.26 bits per heavy atom. The second-order valence-corrected chi connectivity index (χ2v) is 6.38. The summed E-state index contributed by atoms with van der Waals surface area (Å²) in [5, 5.41) is 6.36. The zero-order valence-electron chi connectivity index (χ0n) is 15.4. The fraction of sp³-hybridized carbons (Fsp3) is 0.190. The van der Waals surface area contributed by atoms with Crippen LogP contribution in [0.25, 0.3) is 0 Å². The number of rotatable bonds is 5. The highest BCUT2D eigenvalue weighted by atomic mass is 16.5. The van der Waals surface area contributed by atoms with E-state index in [1.165, 1.54) is 0 Å². The van der Waals surface area contributed by atoms with E-state index in [4.69, 9.17) is 9.26 Å². The molecule has 1 unspecified atom stereocenters. The molecule has 1 N–H and O–H groups in total. The third kappa shape index (κ3) is 4.61. The first-order chi connectivity index (χ1) is 12.9. The normalized spacial score (nSPS) is 11.7. The molecule has 0 radical (unpaired) electrons. The summed E-state index contributed by atoms with van der Waals surface area (Å²) in [6, 6.07) is 15.9. The van der Waals surface area contributed by atoms with Crippen molar-refractivity contribution in [1.82, 2.24) is 5.16 Å². The third-order valence-electron chi connectivity index (χ3n) is 3.90. The van der Waals surface area contributed by atoms with Gasteiger partial charge in [-0.3, -0.25) is 4.79 Å². The Morgan fingerprint density at radius 1 is 1.00 bits per heavy atom. The van der Waals surface area contributed by atoms with E-state index in [0.29, 0.717) is 16.9 Å². The standard InChI is InChI=1S/C21H20N2O4/c1-13-9-14(2)11-17(10-13)21(25)26-19(16-7-5-4-6-8-16)20(24)22-18-12-15(3)27-23-18/h4-12,19H,1-3H3,(H,22,23,24). The number of hydrogen-bond donors (Lipinski definition) is 1. The van der Waals surface area contributed by atoms with Gasteiger partial charge in [0.1, 0.15) is 5.76 Å². The lowest BCUT2D eigenvalue weighted by atomic mass is 10.1. The summed E-state index contributed by atoms with van der Waals surface area (Å²) in [6.07, 6.45) is -1.11. The number of ether oxygens (including phenoxy) is 1. The van der Waals surface area contributed by atoms with Gasteiger partial charge in [0.05, 0.1) is 5.56 Å². The summed E-state index contributed by atoms with van der Waals surface area (Å²) in [5.74, 6) is -0.246. The van der Waals surface area contributed by atoms with Crippen LogP contribution in [-0.2, 0) is 9.53 Å². The molecule has 3 aromatic rings. The molecule has 27 heavy (non-hydrogen) atoms. The van der Waals surface area contributed by atoms with Gasteiger partial charge in [-0.05, 0) is 32.9 Å². The Morgan fingerprint density at radius 2 is 1.67 bits per heavy atom. The van der Waals surface area contributed by atoms with E-state index in [1.807, 2.05) is 26.0 Å². The van der Waals surface area contributed by atoms with Gasteiger partial charge in [0.2, 0.25) is 6.10 Å². The van der Waals surface area contributed by atoms with Crippen molar-refractivity contribution in [1.29, 1.82) is 0 Å². The van der Waals surface area contributed by atoms with Crippen molar-refractivity contribution in [2.24, 2.45) is 0 Å². The first-order valence-electron chi connectivity index (χ1n) is 8.51. The minimum absolute atomic E-state index is 0.265. The number of carbonyl (C=O) groups excluding carboxylic acids is 2. The molecular formula is C21H20N2O4. The molecule has 0 spiro atoms. The van der Waals surface area contributed by atoms with Crippen molar-refractivity contribution in [3.8, 4) is 0 Å². The first-order valence-corrected chi connectivity index (χ1v) is 8.51. The number of esters is 1. The second-order valence-electron chi connectivity index (χ2n) is 6.38. The number of carbonyl (C=O) groups is 2. The zero-order chi connectivity index (χ0) is 19.4. The van der Waals surface area contributed by atoms with E-state index in [0.717, 1.165) is 11.1 Å². The number of benzene rings is 2. The quantitative estimate of drug-likeness (QED) is 0.688. The largest absolute Gasteiger partial charge is 0.444 e. The molecule has 1 aromatic heterocycles. The summed E-state index contributed by atoms with van der Waals surface area (Å²) in [4.78, 5) is 25.4. The smallest absolute Gasteiger partial charge is 0.339 e. The maximum atomic E-state index is 12.8. The van der Waals surface area contributed by atoms with Gasteiger partial charge in [0.25, 0.3) is 5.91 Å². The highest BCUT2D eigenvalue weighted by Gasteiger charge is 2.26. The predicted octanol–water partition coefficient (Wildman–Crippen LogP) is 4.14. The number of aryl methyl sites for hydroxylation is 3. The van der Waals surface area contributed by atoms with E-state index < -0.39 is 18.0 Å². The van der Waals surface area contributed by atoms with Gasteiger partial charge in [0.15, 0.2) is 5.82 Å². The van der Waals surface area contributed by atoms with Crippen LogP contribution in [0, 0.1) is 20.8 Å². The molecular weight excluding hydrogens is 344 g/mol. The highest BCUT2D eigenvalue weighted by molar-refractivity contribution is 5.97. The molecule has 0 saturated carbocycles. The maximum absolute atomic E-state index is 12.8. The van der Waals surface area contributed by atoms with Gasteiger partial charge in [-0.25, -0.2) is 4.79 Å². The van der Waals surface area contributed by atoms with Gasteiger partial charge in [0, 0.05) is 11.6 Å². The van der Waals surface area contributed by atoms with E-state index in [1.54, 1.807) is 49.4 Å². The van der Waals surface area contributed by atoms with Crippen LogP contribution in [0.5, 0.6) is 0 Å². The molecule has 0 bridgehead atoms. The number of nitrogens with zero attached hydrogens (tertiary/aromatic N) is 1. The van der Waals surface area contributed by atoms with Gasteiger partial charge >= 0.3 is 5.97 Å². The van der Waals surface area contributed by atoms with Crippen LogP contribution >= 0.6 is 0 Å². The SMILES string of the molecule is Cc1cc(C)cc(C(=O)OC(C(=O)Nc2cc(C)on2)c2ccccc2)c1. The maximum Gasteiger partial charge on any atom is 0.339 e. The zero-order valence-corrected chi connectivity index (χ0v) is 15.4. The number of amides is 1. The monoisotopic (exact) mass is 364 g/mol. The molecule has 2 aromatic carbocycles. The van der Waals surface area contributed by atoms with Gasteiger partial charge in [-0.2, -0.15) is 0 Å². The minimum atomic E-state index is -1.11. The van der Waals surface area contributed by atoms with E-state index in [-0.39, 0.29) is 5.82 Å². The molecule has 6 heteroatoms. The Balaban J connectivity index is 1.85. The number of nitrogens with one attached hydrogen (secondary N) is 1. The molecule has 1 heterocycles. The first kappa shape index (κ1) is 18.4. The fourth-order valence-electron chi connectivity index (χ4n) is 2.79. The number of hydrogen-bond acceptors (Lipinski definition) is 5. The lowest BCUT2D eigenvalue weighted by molar-refractivity contribution is -0.125.